The highest BCUT2D eigenvalue weighted by Gasteiger charge is 2.21. The number of benzene rings is 1. The van der Waals surface area contributed by atoms with Gasteiger partial charge in [-0.2, -0.15) is 0 Å². The van der Waals surface area contributed by atoms with Gasteiger partial charge in [-0.15, -0.1) is 0 Å². The normalized spacial score (nSPS) is 15.6. The molecule has 1 saturated heterocycles. The van der Waals surface area contributed by atoms with Crippen molar-refractivity contribution in [3.05, 3.63) is 17.7 Å². The fraction of sp³-hybridized carbons (Fsp3) is 0.600. The Balaban J connectivity index is 0.000000612. The molecule has 1 atom stereocenters. The number of hydrogen-bond donors (Lipinski definition) is 2. The van der Waals surface area contributed by atoms with Crippen LogP contribution in [0.3, 0.4) is 0 Å². The average Bonchev–Trinajstić information content (AvgIpc) is 2.73. The molecule has 1 aromatic rings. The summed E-state index contributed by atoms with van der Waals surface area (Å²) < 4.78 is 16.3. The largest absolute Gasteiger partial charge is 0.493 e. The average molecular weight is 412 g/mol. The number of piperazine rings is 1. The monoisotopic (exact) mass is 412 g/mol. The molecule has 2 N–H and O–H groups in total. The van der Waals surface area contributed by atoms with Gasteiger partial charge < -0.3 is 24.4 Å². The molecular formula is C20H32N2O7. The van der Waals surface area contributed by atoms with Gasteiger partial charge in [0, 0.05) is 38.8 Å². The molecule has 0 radical (unpaired) electrons. The first kappa shape index (κ1) is 24.5. The van der Waals surface area contributed by atoms with Crippen molar-refractivity contribution in [2.75, 3.05) is 47.5 Å². The summed E-state index contributed by atoms with van der Waals surface area (Å²) in [5.74, 6) is -1.55. The summed E-state index contributed by atoms with van der Waals surface area (Å²) >= 11 is 0. The summed E-state index contributed by atoms with van der Waals surface area (Å²) in [5, 5.41) is 14.8. The van der Waals surface area contributed by atoms with E-state index in [-0.39, 0.29) is 0 Å². The topological polar surface area (TPSA) is 109 Å². The maximum Gasteiger partial charge on any atom is 0.414 e. The van der Waals surface area contributed by atoms with Crippen LogP contribution < -0.4 is 14.2 Å². The Kier molecular flexibility index (Phi) is 10.3. The predicted molar refractivity (Wildman–Crippen MR) is 108 cm³/mol. The summed E-state index contributed by atoms with van der Waals surface area (Å²) in [5.41, 5.74) is 1.19. The van der Waals surface area contributed by atoms with Crippen molar-refractivity contribution in [1.29, 1.82) is 0 Å². The van der Waals surface area contributed by atoms with Crippen LogP contribution in [0.1, 0.15) is 25.8 Å². The van der Waals surface area contributed by atoms with Crippen molar-refractivity contribution < 1.29 is 34.0 Å². The Labute approximate surface area is 171 Å². The van der Waals surface area contributed by atoms with Crippen LogP contribution in [-0.2, 0) is 16.1 Å². The second-order valence-corrected chi connectivity index (χ2v) is 6.71. The van der Waals surface area contributed by atoms with Crippen LogP contribution in [-0.4, -0.2) is 85.5 Å². The number of carboxylic acids is 2. The van der Waals surface area contributed by atoms with E-state index in [9.17, 15) is 0 Å². The first-order valence-corrected chi connectivity index (χ1v) is 9.48. The highest BCUT2D eigenvalue weighted by atomic mass is 16.5. The van der Waals surface area contributed by atoms with E-state index in [1.54, 1.807) is 21.3 Å². The fourth-order valence-electron chi connectivity index (χ4n) is 3.11. The van der Waals surface area contributed by atoms with E-state index >= 15 is 0 Å². The highest BCUT2D eigenvalue weighted by molar-refractivity contribution is 6.27. The molecule has 9 nitrogen and oxygen atoms in total. The number of aliphatic carboxylic acids is 2. The van der Waals surface area contributed by atoms with Crippen molar-refractivity contribution in [1.82, 2.24) is 9.80 Å². The van der Waals surface area contributed by atoms with Gasteiger partial charge in [-0.3, -0.25) is 9.80 Å². The smallest absolute Gasteiger partial charge is 0.414 e. The quantitative estimate of drug-likeness (QED) is 0.648. The molecule has 1 aromatic carbocycles. The molecule has 0 bridgehead atoms. The lowest BCUT2D eigenvalue weighted by Crippen LogP contribution is -2.48. The summed E-state index contributed by atoms with van der Waals surface area (Å²) in [6, 6.07) is 4.77. The molecule has 1 unspecified atom stereocenters. The molecular weight excluding hydrogens is 380 g/mol. The molecule has 2 rings (SSSR count). The van der Waals surface area contributed by atoms with Gasteiger partial charge in [0.25, 0.3) is 0 Å². The Hall–Kier alpha value is -2.52. The van der Waals surface area contributed by atoms with Crippen molar-refractivity contribution in [2.24, 2.45) is 0 Å². The highest BCUT2D eigenvalue weighted by Crippen LogP contribution is 2.38. The lowest BCUT2D eigenvalue weighted by Gasteiger charge is -2.37. The molecule has 0 aromatic heterocycles. The van der Waals surface area contributed by atoms with Crippen LogP contribution in [0.25, 0.3) is 0 Å². The molecule has 1 heterocycles. The molecule has 29 heavy (non-hydrogen) atoms. The molecule has 1 fully saturated rings. The van der Waals surface area contributed by atoms with Crippen LogP contribution in [0.4, 0.5) is 0 Å². The molecule has 1 aliphatic rings. The van der Waals surface area contributed by atoms with Crippen LogP contribution in [0.15, 0.2) is 12.1 Å². The third-order valence-electron chi connectivity index (χ3n) is 4.93. The minimum absolute atomic E-state index is 0.653. The lowest BCUT2D eigenvalue weighted by molar-refractivity contribution is -0.159. The SMILES string of the molecule is CCC(C)N1CCN(Cc2cc(OC)c(OC)c(OC)c2)CC1.O=C(O)C(=O)O. The lowest BCUT2D eigenvalue weighted by atomic mass is 10.1. The first-order valence-electron chi connectivity index (χ1n) is 9.48. The second kappa shape index (κ2) is 12.1. The fourth-order valence-corrected chi connectivity index (χ4v) is 3.11. The van der Waals surface area contributed by atoms with E-state index < -0.39 is 11.9 Å². The summed E-state index contributed by atoms with van der Waals surface area (Å²) in [4.78, 5) is 23.3. The maximum absolute atomic E-state index is 9.10. The van der Waals surface area contributed by atoms with E-state index in [1.807, 2.05) is 12.1 Å². The molecule has 0 aliphatic carbocycles. The van der Waals surface area contributed by atoms with Gasteiger partial charge in [0.2, 0.25) is 5.75 Å². The zero-order valence-corrected chi connectivity index (χ0v) is 17.8. The molecule has 0 amide bonds. The number of nitrogens with zero attached hydrogens (tertiary/aromatic N) is 2. The van der Waals surface area contributed by atoms with Crippen molar-refractivity contribution in [3.8, 4) is 17.2 Å². The van der Waals surface area contributed by atoms with Crippen molar-refractivity contribution >= 4 is 11.9 Å². The first-order chi connectivity index (χ1) is 13.8. The second-order valence-electron chi connectivity index (χ2n) is 6.71. The van der Waals surface area contributed by atoms with E-state index in [2.05, 4.69) is 23.6 Å². The number of methoxy groups -OCH3 is 3. The van der Waals surface area contributed by atoms with Gasteiger partial charge >= 0.3 is 11.9 Å². The third-order valence-corrected chi connectivity index (χ3v) is 4.93. The van der Waals surface area contributed by atoms with Crippen molar-refractivity contribution in [3.63, 3.8) is 0 Å². The molecule has 1 aliphatic heterocycles. The summed E-state index contributed by atoms with van der Waals surface area (Å²) in [6.07, 6.45) is 1.22. The van der Waals surface area contributed by atoms with E-state index in [0.717, 1.165) is 44.2 Å². The minimum Gasteiger partial charge on any atom is -0.493 e. The van der Waals surface area contributed by atoms with Crippen molar-refractivity contribution in [2.45, 2.75) is 32.9 Å². The molecule has 9 heteroatoms. The number of carboxylic acid groups (broad SMARTS) is 2. The van der Waals surface area contributed by atoms with E-state index in [4.69, 9.17) is 34.0 Å². The predicted octanol–water partition coefficient (Wildman–Crippen LogP) is 1.78. The number of ether oxygens (including phenoxy) is 3. The van der Waals surface area contributed by atoms with Gasteiger partial charge in [-0.05, 0) is 31.0 Å². The number of hydrogen-bond acceptors (Lipinski definition) is 7. The Morgan fingerprint density at radius 2 is 1.45 bits per heavy atom. The van der Waals surface area contributed by atoms with Gasteiger partial charge in [0.1, 0.15) is 0 Å². The zero-order chi connectivity index (χ0) is 22.0. The minimum atomic E-state index is -1.82. The van der Waals surface area contributed by atoms with Gasteiger partial charge in [-0.25, -0.2) is 9.59 Å². The molecule has 164 valence electrons. The van der Waals surface area contributed by atoms with E-state index in [1.165, 1.54) is 12.0 Å². The Morgan fingerprint density at radius 3 is 1.79 bits per heavy atom. The van der Waals surface area contributed by atoms with Crippen LogP contribution in [0.5, 0.6) is 17.2 Å². The standard InChI is InChI=1S/C18H30N2O3.C2H2O4/c1-6-14(2)20-9-7-19(8-10-20)13-15-11-16(21-3)18(23-5)17(12-15)22-4;3-1(4)2(5)6/h11-12,14H,6-10,13H2,1-5H3;(H,3,4)(H,5,6). The van der Waals surface area contributed by atoms with Crippen LogP contribution in [0.2, 0.25) is 0 Å². The van der Waals surface area contributed by atoms with E-state index in [0.29, 0.717) is 11.8 Å². The summed E-state index contributed by atoms with van der Waals surface area (Å²) in [6.45, 7) is 9.95. The van der Waals surface area contributed by atoms with Crippen LogP contribution in [0, 0.1) is 0 Å². The summed E-state index contributed by atoms with van der Waals surface area (Å²) in [7, 11) is 4.95. The number of rotatable bonds is 7. The third kappa shape index (κ3) is 7.43. The number of carbonyl (C=O) groups is 2. The van der Waals surface area contributed by atoms with Crippen LogP contribution >= 0.6 is 0 Å². The maximum atomic E-state index is 9.10. The Morgan fingerprint density at radius 1 is 0.966 bits per heavy atom. The Bertz CT molecular complexity index is 636. The van der Waals surface area contributed by atoms with Gasteiger partial charge in [0.15, 0.2) is 11.5 Å². The van der Waals surface area contributed by atoms with Gasteiger partial charge in [-0.1, -0.05) is 6.92 Å². The zero-order valence-electron chi connectivity index (χ0n) is 17.8. The van der Waals surface area contributed by atoms with Gasteiger partial charge in [0.05, 0.1) is 21.3 Å². The molecule has 0 spiro atoms. The molecule has 0 saturated carbocycles.